The molecular weight excluding hydrogens is 1330 g/mol. The van der Waals surface area contributed by atoms with Crippen LogP contribution in [0, 0.1) is 0 Å². The number of hydrogen-bond donors (Lipinski definition) is 0. The van der Waals surface area contributed by atoms with Crippen LogP contribution < -0.4 is 52.1 Å². The fourth-order valence-electron chi connectivity index (χ4n) is 17.9. The number of benzene rings is 17. The number of ether oxygens (including phenoxy) is 2. The predicted octanol–water partition coefficient (Wildman–Crippen LogP) is 22.7. The molecule has 23 rings (SSSR count). The molecule has 0 bridgehead atoms. The quantitative estimate of drug-likeness (QED) is 0.128. The van der Waals surface area contributed by atoms with E-state index in [-0.39, 0.29) is 44.7 Å². The molecule has 4 aliphatic heterocycles. The zero-order valence-electron chi connectivity index (χ0n) is 69.9. The van der Waals surface area contributed by atoms with Crippen LogP contribution in [0.3, 0.4) is 0 Å². The van der Waals surface area contributed by atoms with Gasteiger partial charge in [0.15, 0.2) is 0 Å². The normalized spacial score (nSPS) is 14.2. The lowest BCUT2D eigenvalue weighted by Crippen LogP contribution is -2.65. The first kappa shape index (κ1) is 51.8. The van der Waals surface area contributed by atoms with Crippen LogP contribution in [0.15, 0.2) is 388 Å². The van der Waals surface area contributed by atoms with Crippen molar-refractivity contribution in [2.45, 2.75) is 0 Å². The maximum Gasteiger partial charge on any atom is 0.260 e. The highest BCUT2D eigenvalue weighted by Crippen LogP contribution is 2.56. The second kappa shape index (κ2) is 24.6. The zero-order chi connectivity index (χ0) is 81.6. The van der Waals surface area contributed by atoms with Crippen molar-refractivity contribution >= 4 is 124 Å². The van der Waals surface area contributed by atoms with Gasteiger partial charge in [-0.2, -0.15) is 0 Å². The Bertz CT molecular complexity index is 7430. The van der Waals surface area contributed by atoms with Crippen molar-refractivity contribution in [1.29, 1.82) is 0 Å². The first-order valence-corrected chi connectivity index (χ1v) is 37.0. The van der Waals surface area contributed by atoms with Crippen molar-refractivity contribution < 1.29 is 24.6 Å². The largest absolute Gasteiger partial charge is 0.459 e. The summed E-state index contributed by atoms with van der Waals surface area (Å²) in [7, 11) is 0. The number of hydrogen-bond acceptors (Lipinski definition) is 4. The molecule has 0 atom stereocenters. The highest BCUT2D eigenvalue weighted by atomic mass is 16.5. The maximum absolute atomic E-state index is 12.0. The van der Waals surface area contributed by atoms with E-state index in [1.807, 2.05) is 103 Å². The molecule has 0 aliphatic carbocycles. The van der Waals surface area contributed by atoms with Crippen LogP contribution in [-0.2, 0) is 0 Å². The van der Waals surface area contributed by atoms with E-state index in [1.165, 1.54) is 4.57 Å². The Morgan fingerprint density at radius 1 is 0.255 bits per heavy atom. The Balaban J connectivity index is 0.957. The highest BCUT2D eigenvalue weighted by Gasteiger charge is 2.51. The standard InChI is InChI=1S/C102H64B2N4O2/c1-7-29-65(30-8-1)71-53-56-84-94(59-71)109-96-64-93-98(102-99(96)103(84)85-57-54-72(60-95(85)110-102)66-31-9-2-10-32-66)104-83-58-55-73(105-86-49-23-19-41-79(86)80-42-20-24-50-87(80)105)61-90(83)107(100-75(67-33-11-3-12-34-67)45-27-46-76(100)68-35-13-4-14-36-68)91-62-74(106-88-51-25-21-43-81(88)82-44-22-26-52-89(82)106)63-92(97(91)104)108(93)101-77(69-37-15-5-16-38-69)47-28-48-78(101)70-39-17-6-18-40-70/h1-64H/i19D,20D,23D,24D,41D,42D,49D,50D,55D,58D,61D. The summed E-state index contributed by atoms with van der Waals surface area (Å²) in [5.41, 5.74) is 19.1. The van der Waals surface area contributed by atoms with E-state index >= 15 is 0 Å². The lowest BCUT2D eigenvalue weighted by atomic mass is 9.30. The molecular formula is C102H64B2N4O2. The van der Waals surface area contributed by atoms with Crippen LogP contribution >= 0.6 is 0 Å². The van der Waals surface area contributed by atoms with E-state index in [1.54, 1.807) is 0 Å². The Labute approximate surface area is 653 Å². The fraction of sp³-hybridized carbons (Fsp3) is 0. The first-order chi connectivity index (χ1) is 59.2. The van der Waals surface area contributed by atoms with E-state index in [9.17, 15) is 15.1 Å². The summed E-state index contributed by atoms with van der Waals surface area (Å²) in [6, 6.07) is 104. The zero-order valence-corrected chi connectivity index (χ0v) is 58.9. The molecule has 4 aliphatic rings. The van der Waals surface area contributed by atoms with E-state index in [0.717, 1.165) is 94.1 Å². The summed E-state index contributed by atoms with van der Waals surface area (Å²) in [5.74, 6) is 2.14. The third kappa shape index (κ3) is 9.39. The fourth-order valence-corrected chi connectivity index (χ4v) is 17.9. The van der Waals surface area contributed by atoms with Crippen molar-refractivity contribution in [3.63, 3.8) is 0 Å². The lowest BCUT2D eigenvalue weighted by molar-refractivity contribution is 0.467. The van der Waals surface area contributed by atoms with E-state index in [0.29, 0.717) is 79.0 Å². The summed E-state index contributed by atoms with van der Waals surface area (Å²) in [6.07, 6.45) is 0. The Hall–Kier alpha value is -14.3. The van der Waals surface area contributed by atoms with Crippen molar-refractivity contribution in [2.75, 3.05) is 9.80 Å². The molecule has 0 N–H and O–H groups in total. The van der Waals surface area contributed by atoms with Gasteiger partial charge in [-0.3, -0.25) is 0 Å². The van der Waals surface area contributed by atoms with Gasteiger partial charge >= 0.3 is 0 Å². The summed E-state index contributed by atoms with van der Waals surface area (Å²) < 4.78 is 131. The first-order valence-electron chi connectivity index (χ1n) is 42.5. The van der Waals surface area contributed by atoms with Gasteiger partial charge in [0, 0.05) is 83.8 Å². The molecule has 17 aromatic carbocycles. The SMILES string of the molecule is [2H]c1c([2H])c(-n2c3c([2H])c([2H])c([2H])c([2H])c3c3c([2H])c([2H])c([2H])c([2H])c32)c([2H])c2c1B1c3c(cc(-n4c5ccccc5c5ccccc54)cc3N2c2c(-c3ccccc3)cccc2-c2ccccc2)N(c2c(-c3ccccc3)cccc2-c2ccccc2)c2cc3c4c(c21)Oc1cc(-c2ccccc2)ccc1B4c1ccc(-c2ccccc2)cc1O3. The number of aromatic nitrogens is 2. The van der Waals surface area contributed by atoms with Crippen LogP contribution in [0.4, 0.5) is 34.1 Å². The molecule has 0 unspecified atom stereocenters. The minimum absolute atomic E-state index is 0.101. The van der Waals surface area contributed by atoms with Crippen molar-refractivity contribution in [2.24, 2.45) is 0 Å². The Kier molecular flexibility index (Phi) is 11.6. The van der Waals surface area contributed by atoms with Crippen LogP contribution in [0.1, 0.15) is 15.1 Å². The second-order valence-corrected chi connectivity index (χ2v) is 28.4. The van der Waals surface area contributed by atoms with Crippen molar-refractivity contribution in [3.8, 4) is 101 Å². The molecule has 8 heteroatoms. The van der Waals surface area contributed by atoms with E-state index in [2.05, 4.69) is 233 Å². The average molecular weight is 1410 g/mol. The summed E-state index contributed by atoms with van der Waals surface area (Å²) >= 11 is 0. The number of fused-ring (bicyclic) bond motifs is 15. The van der Waals surface area contributed by atoms with Gasteiger partial charge in [-0.25, -0.2) is 0 Å². The molecule has 2 aromatic heterocycles. The van der Waals surface area contributed by atoms with Crippen LogP contribution in [0.2, 0.25) is 0 Å². The monoisotopic (exact) mass is 1410 g/mol. The van der Waals surface area contributed by atoms with Gasteiger partial charge in [0.1, 0.15) is 23.0 Å². The van der Waals surface area contributed by atoms with Gasteiger partial charge in [-0.05, 0) is 132 Å². The Morgan fingerprint density at radius 3 is 1.15 bits per heavy atom. The van der Waals surface area contributed by atoms with Gasteiger partial charge in [0.05, 0.1) is 54.2 Å². The number of para-hydroxylation sites is 6. The summed E-state index contributed by atoms with van der Waals surface area (Å²) in [4.78, 5) is 4.47. The van der Waals surface area contributed by atoms with Crippen LogP contribution in [0.25, 0.3) is 122 Å². The van der Waals surface area contributed by atoms with E-state index in [4.69, 9.17) is 9.47 Å². The van der Waals surface area contributed by atoms with E-state index < -0.39 is 73.8 Å². The minimum Gasteiger partial charge on any atom is -0.459 e. The molecule has 0 spiro atoms. The summed E-state index contributed by atoms with van der Waals surface area (Å²) in [6.45, 7) is -1.75. The lowest BCUT2D eigenvalue weighted by Gasteiger charge is -2.47. The second-order valence-electron chi connectivity index (χ2n) is 28.4. The molecule has 6 nitrogen and oxygen atoms in total. The van der Waals surface area contributed by atoms with Gasteiger partial charge in [0.2, 0.25) is 0 Å². The van der Waals surface area contributed by atoms with Gasteiger partial charge < -0.3 is 28.4 Å². The molecule has 19 aromatic rings. The van der Waals surface area contributed by atoms with Crippen LogP contribution in [-0.4, -0.2) is 22.6 Å². The predicted molar refractivity (Wildman–Crippen MR) is 459 cm³/mol. The smallest absolute Gasteiger partial charge is 0.260 e. The maximum atomic E-state index is 12.0. The molecule has 6 heterocycles. The summed E-state index contributed by atoms with van der Waals surface area (Å²) in [5, 5.41) is 1.52. The third-order valence-corrected chi connectivity index (χ3v) is 22.6. The van der Waals surface area contributed by atoms with Crippen molar-refractivity contribution in [1.82, 2.24) is 9.13 Å². The molecule has 0 fully saturated rings. The molecule has 0 saturated heterocycles. The van der Waals surface area contributed by atoms with Crippen LogP contribution in [0.5, 0.6) is 23.0 Å². The van der Waals surface area contributed by atoms with Gasteiger partial charge in [0.25, 0.3) is 13.4 Å². The van der Waals surface area contributed by atoms with Gasteiger partial charge in [-0.15, -0.1) is 0 Å². The Morgan fingerprint density at radius 2 is 0.664 bits per heavy atom. The molecule has 0 amide bonds. The third-order valence-electron chi connectivity index (χ3n) is 22.6. The number of anilines is 6. The minimum atomic E-state index is -1.19. The number of nitrogens with zero attached hydrogens (tertiary/aromatic N) is 4. The molecule has 0 radical (unpaired) electrons. The molecule has 510 valence electrons. The molecule has 0 saturated carbocycles. The van der Waals surface area contributed by atoms with Gasteiger partial charge in [-0.1, -0.05) is 321 Å². The topological polar surface area (TPSA) is 34.8 Å². The number of rotatable bonds is 10. The average Bonchev–Trinajstić information content (AvgIpc) is 0.973. The highest BCUT2D eigenvalue weighted by molar-refractivity contribution is 7.03. The molecule has 110 heavy (non-hydrogen) atoms. The van der Waals surface area contributed by atoms with Crippen molar-refractivity contribution in [3.05, 3.63) is 388 Å².